The number of hydrogen-bond donors (Lipinski definition) is 1. The smallest absolute Gasteiger partial charge is 0.223 e. The topological polar surface area (TPSA) is 96.4 Å². The molecule has 1 aromatic carbocycles. The molecule has 1 aliphatic heterocycles. The highest BCUT2D eigenvalue weighted by molar-refractivity contribution is 9.10. The molecule has 11 heteroatoms. The number of rotatable bonds is 5. The van der Waals surface area contributed by atoms with Gasteiger partial charge in [-0.3, -0.25) is 0 Å². The molecule has 0 radical (unpaired) electrons. The van der Waals surface area contributed by atoms with Crippen molar-refractivity contribution in [2.45, 2.75) is 23.9 Å². The predicted molar refractivity (Wildman–Crippen MR) is 105 cm³/mol. The van der Waals surface area contributed by atoms with E-state index in [2.05, 4.69) is 25.6 Å². The van der Waals surface area contributed by atoms with Gasteiger partial charge in [-0.05, 0) is 25.0 Å². The minimum Gasteiger partial charge on any atom is -0.223 e. The van der Waals surface area contributed by atoms with Crippen LogP contribution in [0.15, 0.2) is 39.1 Å². The van der Waals surface area contributed by atoms with Crippen LogP contribution in [0.5, 0.6) is 0 Å². The Kier molecular flexibility index (Phi) is 5.85. The molecule has 142 valence electrons. The van der Waals surface area contributed by atoms with Gasteiger partial charge in [-0.15, -0.1) is 11.3 Å². The molecule has 0 aliphatic carbocycles. The standard InChI is InChI=1S/C15H18BrN3O4S3/c1-25(20,21)18-13-3-2-8-19(9-13)26(22,23)14-10-24-15(17-14)11-4-6-12(16)7-5-11/h4-7,10,13,18H,2-3,8-9H2,1H3. The number of nitrogens with one attached hydrogen (secondary N) is 1. The molecule has 1 fully saturated rings. The summed E-state index contributed by atoms with van der Waals surface area (Å²) in [4.78, 5) is 4.29. The van der Waals surface area contributed by atoms with E-state index in [1.807, 2.05) is 24.3 Å². The Morgan fingerprint density at radius 1 is 1.23 bits per heavy atom. The minimum absolute atomic E-state index is 0.000393. The molecule has 1 aliphatic rings. The normalized spacial score (nSPS) is 19.5. The zero-order chi connectivity index (χ0) is 18.9. The monoisotopic (exact) mass is 479 g/mol. The van der Waals surface area contributed by atoms with Crippen LogP contribution in [-0.4, -0.2) is 51.5 Å². The molecule has 1 saturated heterocycles. The highest BCUT2D eigenvalue weighted by atomic mass is 79.9. The number of halogens is 1. The van der Waals surface area contributed by atoms with E-state index in [1.54, 1.807) is 0 Å². The van der Waals surface area contributed by atoms with Crippen molar-refractivity contribution < 1.29 is 16.8 Å². The van der Waals surface area contributed by atoms with Gasteiger partial charge in [0.05, 0.1) is 6.26 Å². The van der Waals surface area contributed by atoms with E-state index < -0.39 is 26.1 Å². The lowest BCUT2D eigenvalue weighted by atomic mass is 10.1. The van der Waals surface area contributed by atoms with Crippen LogP contribution in [0.2, 0.25) is 0 Å². The molecule has 0 spiro atoms. The van der Waals surface area contributed by atoms with E-state index in [1.165, 1.54) is 21.0 Å². The number of thiazole rings is 1. The molecule has 0 saturated carbocycles. The van der Waals surface area contributed by atoms with Crippen molar-refractivity contribution >= 4 is 47.3 Å². The van der Waals surface area contributed by atoms with Gasteiger partial charge in [0.25, 0.3) is 10.0 Å². The fraction of sp³-hybridized carbons (Fsp3) is 0.400. The summed E-state index contributed by atoms with van der Waals surface area (Å²) >= 11 is 4.63. The van der Waals surface area contributed by atoms with Crippen molar-refractivity contribution in [3.63, 3.8) is 0 Å². The minimum atomic E-state index is -3.76. The summed E-state index contributed by atoms with van der Waals surface area (Å²) in [6.45, 7) is 0.468. The number of sulfonamides is 2. The summed E-state index contributed by atoms with van der Waals surface area (Å²) in [5, 5.41) is 2.15. The molecule has 7 nitrogen and oxygen atoms in total. The molecular weight excluding hydrogens is 462 g/mol. The van der Waals surface area contributed by atoms with Gasteiger partial charge in [0.2, 0.25) is 10.0 Å². The van der Waals surface area contributed by atoms with Crippen LogP contribution in [0.4, 0.5) is 0 Å². The second-order valence-electron chi connectivity index (χ2n) is 6.09. The molecule has 1 aromatic heterocycles. The zero-order valence-corrected chi connectivity index (χ0v) is 18.0. The van der Waals surface area contributed by atoms with Gasteiger partial charge in [-0.2, -0.15) is 4.31 Å². The Morgan fingerprint density at radius 3 is 2.58 bits per heavy atom. The van der Waals surface area contributed by atoms with Gasteiger partial charge in [0, 0.05) is 34.5 Å². The van der Waals surface area contributed by atoms with Crippen molar-refractivity contribution in [3.8, 4) is 10.6 Å². The van der Waals surface area contributed by atoms with Crippen LogP contribution in [0.25, 0.3) is 10.6 Å². The van der Waals surface area contributed by atoms with Crippen LogP contribution in [0, 0.1) is 0 Å². The van der Waals surface area contributed by atoms with Crippen LogP contribution >= 0.6 is 27.3 Å². The van der Waals surface area contributed by atoms with Gasteiger partial charge in [-0.25, -0.2) is 26.5 Å². The van der Waals surface area contributed by atoms with E-state index in [0.717, 1.165) is 16.3 Å². The molecule has 26 heavy (non-hydrogen) atoms. The third-order valence-electron chi connectivity index (χ3n) is 3.94. The number of benzene rings is 1. The van der Waals surface area contributed by atoms with Crippen LogP contribution in [0.3, 0.4) is 0 Å². The molecule has 2 aromatic rings. The molecule has 1 unspecified atom stereocenters. The maximum absolute atomic E-state index is 12.9. The number of nitrogens with zero attached hydrogens (tertiary/aromatic N) is 2. The number of aromatic nitrogens is 1. The first kappa shape index (κ1) is 19.9. The fourth-order valence-electron chi connectivity index (χ4n) is 2.79. The van der Waals surface area contributed by atoms with E-state index in [0.29, 0.717) is 24.4 Å². The number of piperidine rings is 1. The number of hydrogen-bond acceptors (Lipinski definition) is 6. The van der Waals surface area contributed by atoms with Crippen molar-refractivity contribution in [2.75, 3.05) is 19.3 Å². The van der Waals surface area contributed by atoms with Gasteiger partial charge in [0.15, 0.2) is 5.03 Å². The lowest BCUT2D eigenvalue weighted by Gasteiger charge is -2.31. The summed E-state index contributed by atoms with van der Waals surface area (Å²) in [6, 6.07) is 7.06. The molecule has 3 rings (SSSR count). The maximum Gasteiger partial charge on any atom is 0.261 e. The Hall–Kier alpha value is -0.850. The summed E-state index contributed by atoms with van der Waals surface area (Å²) < 4.78 is 53.3. The van der Waals surface area contributed by atoms with Crippen molar-refractivity contribution in [3.05, 3.63) is 34.1 Å². The Bertz CT molecular complexity index is 987. The quantitative estimate of drug-likeness (QED) is 0.709. The lowest BCUT2D eigenvalue weighted by Crippen LogP contribution is -2.49. The van der Waals surface area contributed by atoms with Crippen molar-refractivity contribution in [2.24, 2.45) is 0 Å². The molecular formula is C15H18BrN3O4S3. The lowest BCUT2D eigenvalue weighted by molar-refractivity contribution is 0.303. The van der Waals surface area contributed by atoms with Crippen LogP contribution in [-0.2, 0) is 20.0 Å². The molecule has 1 atom stereocenters. The van der Waals surface area contributed by atoms with E-state index in [9.17, 15) is 16.8 Å². The molecule has 1 N–H and O–H groups in total. The third-order valence-corrected chi connectivity index (χ3v) is 8.02. The Morgan fingerprint density at radius 2 is 1.92 bits per heavy atom. The Labute approximate surface area is 165 Å². The maximum atomic E-state index is 12.9. The fourth-order valence-corrected chi connectivity index (χ4v) is 6.45. The van der Waals surface area contributed by atoms with E-state index >= 15 is 0 Å². The highest BCUT2D eigenvalue weighted by Crippen LogP contribution is 2.29. The first-order valence-electron chi connectivity index (χ1n) is 7.84. The van der Waals surface area contributed by atoms with Crippen molar-refractivity contribution in [1.29, 1.82) is 0 Å². The van der Waals surface area contributed by atoms with E-state index in [4.69, 9.17) is 0 Å². The van der Waals surface area contributed by atoms with Gasteiger partial charge >= 0.3 is 0 Å². The predicted octanol–water partition coefficient (Wildman–Crippen LogP) is 2.27. The van der Waals surface area contributed by atoms with Crippen molar-refractivity contribution in [1.82, 2.24) is 14.0 Å². The third kappa shape index (κ3) is 4.70. The SMILES string of the molecule is CS(=O)(=O)NC1CCCN(S(=O)(=O)c2csc(-c3ccc(Br)cc3)n2)C1. The van der Waals surface area contributed by atoms with Gasteiger partial charge < -0.3 is 0 Å². The Balaban J connectivity index is 1.81. The largest absolute Gasteiger partial charge is 0.261 e. The second kappa shape index (κ2) is 7.64. The molecule has 0 amide bonds. The summed E-state index contributed by atoms with van der Waals surface area (Å²) in [5.41, 5.74) is 0.843. The van der Waals surface area contributed by atoms with Crippen LogP contribution in [0.1, 0.15) is 12.8 Å². The second-order valence-corrected chi connectivity index (χ2v) is 11.5. The van der Waals surface area contributed by atoms with Gasteiger partial charge in [-0.1, -0.05) is 28.1 Å². The molecule has 0 bridgehead atoms. The van der Waals surface area contributed by atoms with Crippen LogP contribution < -0.4 is 4.72 Å². The summed E-state index contributed by atoms with van der Waals surface area (Å²) in [6.07, 6.45) is 2.28. The molecule has 2 heterocycles. The average Bonchev–Trinajstić information content (AvgIpc) is 3.05. The summed E-state index contributed by atoms with van der Waals surface area (Å²) in [5.74, 6) is 0. The average molecular weight is 480 g/mol. The first-order valence-corrected chi connectivity index (χ1v) is 12.8. The highest BCUT2D eigenvalue weighted by Gasteiger charge is 2.33. The first-order chi connectivity index (χ1) is 12.1. The summed E-state index contributed by atoms with van der Waals surface area (Å²) in [7, 11) is -7.14. The van der Waals surface area contributed by atoms with Gasteiger partial charge in [0.1, 0.15) is 5.01 Å². The van der Waals surface area contributed by atoms with E-state index in [-0.39, 0.29) is 11.6 Å². The zero-order valence-electron chi connectivity index (χ0n) is 13.9.